The van der Waals surface area contributed by atoms with Crippen LogP contribution in [-0.4, -0.2) is 25.0 Å². The van der Waals surface area contributed by atoms with Crippen LogP contribution in [0.3, 0.4) is 0 Å². The zero-order valence-electron chi connectivity index (χ0n) is 11.0. The minimum absolute atomic E-state index is 0.0473. The lowest BCUT2D eigenvalue weighted by atomic mass is 9.85. The molecule has 2 heterocycles. The van der Waals surface area contributed by atoms with Crippen LogP contribution in [0.5, 0.6) is 0 Å². The molecule has 0 aromatic heterocycles. The number of amides is 1. The molecule has 2 aliphatic rings. The fourth-order valence-electron chi connectivity index (χ4n) is 3.15. The summed E-state index contributed by atoms with van der Waals surface area (Å²) in [4.78, 5) is 13.5. The first kappa shape index (κ1) is 13.5. The second-order valence-corrected chi connectivity index (χ2v) is 5.94. The highest BCUT2D eigenvalue weighted by Crippen LogP contribution is 2.34. The lowest BCUT2D eigenvalue weighted by Gasteiger charge is -2.42. The van der Waals surface area contributed by atoms with E-state index in [1.54, 1.807) is 0 Å². The van der Waals surface area contributed by atoms with Crippen molar-refractivity contribution in [3.05, 3.63) is 23.0 Å². The van der Waals surface area contributed by atoms with E-state index in [0.29, 0.717) is 23.7 Å². The van der Waals surface area contributed by atoms with Crippen molar-refractivity contribution in [2.24, 2.45) is 5.92 Å². The molecule has 0 radical (unpaired) electrons. The molecule has 3 rings (SSSR count). The van der Waals surface area contributed by atoms with Crippen LogP contribution in [0.15, 0.2) is 12.1 Å². The average Bonchev–Trinajstić information content (AvgIpc) is 2.42. The normalized spacial score (nSPS) is 26.1. The van der Waals surface area contributed by atoms with Gasteiger partial charge in [0.2, 0.25) is 5.91 Å². The number of anilines is 2. The van der Waals surface area contributed by atoms with Gasteiger partial charge in [-0.1, -0.05) is 11.6 Å². The lowest BCUT2D eigenvalue weighted by Crippen LogP contribution is -2.54. The van der Waals surface area contributed by atoms with Crippen LogP contribution >= 0.6 is 11.6 Å². The Morgan fingerprint density at radius 2 is 2.20 bits per heavy atom. The van der Waals surface area contributed by atoms with Crippen molar-refractivity contribution < 1.29 is 9.18 Å². The van der Waals surface area contributed by atoms with Gasteiger partial charge in [0.25, 0.3) is 0 Å². The molecular formula is C14H17ClFN3O. The van der Waals surface area contributed by atoms with Crippen molar-refractivity contribution in [2.45, 2.75) is 25.3 Å². The molecule has 1 aromatic carbocycles. The molecule has 0 spiro atoms. The van der Waals surface area contributed by atoms with Gasteiger partial charge in [0, 0.05) is 31.6 Å². The van der Waals surface area contributed by atoms with E-state index in [2.05, 4.69) is 10.2 Å². The number of hydrogen-bond acceptors (Lipinski definition) is 3. The van der Waals surface area contributed by atoms with Crippen LogP contribution in [0.4, 0.5) is 15.8 Å². The van der Waals surface area contributed by atoms with Gasteiger partial charge in [0.15, 0.2) is 0 Å². The summed E-state index contributed by atoms with van der Waals surface area (Å²) in [5.74, 6) is 0.0891. The zero-order chi connectivity index (χ0) is 14.3. The Morgan fingerprint density at radius 3 is 3.00 bits per heavy atom. The van der Waals surface area contributed by atoms with Gasteiger partial charge in [0.1, 0.15) is 5.82 Å². The minimum Gasteiger partial charge on any atom is -0.397 e. The van der Waals surface area contributed by atoms with Gasteiger partial charge in [-0.15, -0.1) is 0 Å². The van der Waals surface area contributed by atoms with Gasteiger partial charge >= 0.3 is 0 Å². The summed E-state index contributed by atoms with van der Waals surface area (Å²) in [5, 5.41) is 3.08. The van der Waals surface area contributed by atoms with Crippen LogP contribution in [0.2, 0.25) is 5.02 Å². The lowest BCUT2D eigenvalue weighted by molar-refractivity contribution is -0.124. The van der Waals surface area contributed by atoms with E-state index in [9.17, 15) is 9.18 Å². The number of benzene rings is 1. The first-order valence-corrected chi connectivity index (χ1v) is 7.21. The molecule has 2 fully saturated rings. The van der Waals surface area contributed by atoms with Crippen LogP contribution in [-0.2, 0) is 4.79 Å². The number of hydrogen-bond donors (Lipinski definition) is 2. The minimum atomic E-state index is -0.449. The van der Waals surface area contributed by atoms with E-state index in [0.717, 1.165) is 25.9 Å². The van der Waals surface area contributed by atoms with Crippen LogP contribution < -0.4 is 16.0 Å². The summed E-state index contributed by atoms with van der Waals surface area (Å²) in [6, 6.07) is 3.10. The van der Waals surface area contributed by atoms with E-state index in [1.165, 1.54) is 12.1 Å². The second-order valence-electron chi connectivity index (χ2n) is 5.53. The van der Waals surface area contributed by atoms with Crippen molar-refractivity contribution in [1.29, 1.82) is 0 Å². The summed E-state index contributed by atoms with van der Waals surface area (Å²) >= 11 is 5.73. The number of nitrogens with one attached hydrogen (secondary N) is 1. The quantitative estimate of drug-likeness (QED) is 0.781. The van der Waals surface area contributed by atoms with Crippen molar-refractivity contribution in [3.8, 4) is 0 Å². The molecule has 0 bridgehead atoms. The maximum absolute atomic E-state index is 13.6. The maximum Gasteiger partial charge on any atom is 0.220 e. The maximum atomic E-state index is 13.6. The van der Waals surface area contributed by atoms with Crippen LogP contribution in [0.25, 0.3) is 0 Å². The van der Waals surface area contributed by atoms with Crippen LogP contribution in [0, 0.1) is 11.7 Å². The van der Waals surface area contributed by atoms with Crippen LogP contribution in [0.1, 0.15) is 19.3 Å². The highest BCUT2D eigenvalue weighted by molar-refractivity contribution is 6.31. The number of nitrogen functional groups attached to an aromatic ring is 1. The van der Waals surface area contributed by atoms with Gasteiger partial charge in [-0.05, 0) is 24.8 Å². The molecule has 4 nitrogen and oxygen atoms in total. The largest absolute Gasteiger partial charge is 0.397 e. The summed E-state index contributed by atoms with van der Waals surface area (Å²) in [5.41, 5.74) is 7.14. The Morgan fingerprint density at radius 1 is 1.40 bits per heavy atom. The molecule has 6 heteroatoms. The second kappa shape index (κ2) is 5.13. The average molecular weight is 298 g/mol. The Bertz CT molecular complexity index is 551. The molecule has 1 amide bonds. The third-order valence-electron chi connectivity index (χ3n) is 4.23. The van der Waals surface area contributed by atoms with Crippen molar-refractivity contribution in [1.82, 2.24) is 5.32 Å². The molecule has 2 aliphatic heterocycles. The summed E-state index contributed by atoms with van der Waals surface area (Å²) in [6.07, 6.45) is 2.31. The Balaban J connectivity index is 1.80. The first-order valence-electron chi connectivity index (χ1n) is 6.83. The summed E-state index contributed by atoms with van der Waals surface area (Å²) < 4.78 is 13.6. The standard InChI is InChI=1S/C14H17ClFN3O/c15-9-5-11(17)13(6-10(9)16)19-4-3-12-8(7-19)1-2-14(20)18-12/h5-6,8,12H,1-4,7,17H2,(H,18,20). The highest BCUT2D eigenvalue weighted by Gasteiger charge is 2.34. The Hall–Kier alpha value is -1.49. The first-order chi connectivity index (χ1) is 9.54. The molecule has 108 valence electrons. The van der Waals surface area contributed by atoms with E-state index in [4.69, 9.17) is 17.3 Å². The number of carbonyl (C=O) groups is 1. The summed E-state index contributed by atoms with van der Waals surface area (Å²) in [7, 11) is 0. The monoisotopic (exact) mass is 297 g/mol. The number of nitrogens with zero attached hydrogens (tertiary/aromatic N) is 1. The van der Waals surface area contributed by atoms with Gasteiger partial charge in [-0.2, -0.15) is 0 Å². The fourth-order valence-corrected chi connectivity index (χ4v) is 3.33. The van der Waals surface area contributed by atoms with Gasteiger partial charge in [-0.25, -0.2) is 4.39 Å². The van der Waals surface area contributed by atoms with Gasteiger partial charge < -0.3 is 16.0 Å². The molecular weight excluding hydrogens is 281 g/mol. The molecule has 20 heavy (non-hydrogen) atoms. The third kappa shape index (κ3) is 2.42. The van der Waals surface area contributed by atoms with E-state index in [-0.39, 0.29) is 17.0 Å². The predicted molar refractivity (Wildman–Crippen MR) is 77.3 cm³/mol. The van der Waals surface area contributed by atoms with E-state index < -0.39 is 5.82 Å². The molecule has 0 saturated carbocycles. The fraction of sp³-hybridized carbons (Fsp3) is 0.500. The molecule has 2 unspecified atom stereocenters. The smallest absolute Gasteiger partial charge is 0.220 e. The number of halogens is 2. The van der Waals surface area contributed by atoms with Crippen molar-refractivity contribution in [3.63, 3.8) is 0 Å². The molecule has 1 aromatic rings. The number of fused-ring (bicyclic) bond motifs is 1. The summed E-state index contributed by atoms with van der Waals surface area (Å²) in [6.45, 7) is 1.54. The number of rotatable bonds is 1. The zero-order valence-corrected chi connectivity index (χ0v) is 11.8. The highest BCUT2D eigenvalue weighted by atomic mass is 35.5. The molecule has 2 saturated heterocycles. The Kier molecular flexibility index (Phi) is 3.46. The number of piperidine rings is 2. The predicted octanol–water partition coefficient (Wildman–Crippen LogP) is 2.17. The Labute approximate surface area is 122 Å². The number of carbonyl (C=O) groups excluding carboxylic acids is 1. The number of nitrogens with two attached hydrogens (primary N) is 1. The SMILES string of the molecule is Nc1cc(Cl)c(F)cc1N1CCC2NC(=O)CCC2C1. The van der Waals surface area contributed by atoms with E-state index in [1.807, 2.05) is 0 Å². The van der Waals surface area contributed by atoms with Gasteiger partial charge in [-0.3, -0.25) is 4.79 Å². The van der Waals surface area contributed by atoms with Gasteiger partial charge in [0.05, 0.1) is 16.4 Å². The third-order valence-corrected chi connectivity index (χ3v) is 4.52. The van der Waals surface area contributed by atoms with E-state index >= 15 is 0 Å². The van der Waals surface area contributed by atoms with Crippen molar-refractivity contribution >= 4 is 28.9 Å². The topological polar surface area (TPSA) is 58.4 Å². The molecule has 0 aliphatic carbocycles. The van der Waals surface area contributed by atoms with Crippen molar-refractivity contribution in [2.75, 3.05) is 23.7 Å². The molecule has 2 atom stereocenters. The molecule has 3 N–H and O–H groups in total.